The third kappa shape index (κ3) is 13.5. The maximum Gasteiger partial charge on any atom is 0.325 e. The quantitative estimate of drug-likeness (QED) is 0.0673. The lowest BCUT2D eigenvalue weighted by Crippen LogP contribution is -2.59. The third-order valence-electron chi connectivity index (χ3n) is 7.96. The standard InChI is InChI=1S/C31H50N8O10/c1-8-16(4)25(29(46)35-18(6)31(48)49)38-28(45)24(15(2)3)37-26(43)17(5)34-27(44)21-10-9-13-39(21)30(47)20(11-12-22(32)41)36-23(42)14-33-19(7)40/h15-16,18,20-21,24-25H,5,8-14H2,1-4,6-7H3,(H2,32,41)(H,33,40)(H,34,44)(H,35,46)(H,36,42)(H,37,43)(H,38,45)(H,48,49)/t16-,18-,20-,21-,24-,25+/m0/s1. The minimum atomic E-state index is -1.26. The van der Waals surface area contributed by atoms with Crippen molar-refractivity contribution in [3.05, 3.63) is 12.3 Å². The van der Waals surface area contributed by atoms with E-state index < -0.39 is 102 Å². The highest BCUT2D eigenvalue weighted by molar-refractivity contribution is 6.02. The average molecular weight is 695 g/mol. The summed E-state index contributed by atoms with van der Waals surface area (Å²) in [6.07, 6.45) is 0.698. The van der Waals surface area contributed by atoms with E-state index in [-0.39, 0.29) is 31.7 Å². The molecule has 49 heavy (non-hydrogen) atoms. The van der Waals surface area contributed by atoms with Crippen LogP contribution in [0.3, 0.4) is 0 Å². The number of hydrogen-bond acceptors (Lipinski definition) is 9. The third-order valence-corrected chi connectivity index (χ3v) is 7.96. The molecule has 1 heterocycles. The van der Waals surface area contributed by atoms with Crippen molar-refractivity contribution in [2.75, 3.05) is 13.1 Å². The van der Waals surface area contributed by atoms with Gasteiger partial charge in [0.05, 0.1) is 12.2 Å². The van der Waals surface area contributed by atoms with E-state index in [1.807, 2.05) is 0 Å². The fourth-order valence-electron chi connectivity index (χ4n) is 4.86. The Balaban J connectivity index is 3.01. The van der Waals surface area contributed by atoms with Crippen molar-refractivity contribution in [3.8, 4) is 0 Å². The molecule has 18 heteroatoms. The molecule has 274 valence electrons. The van der Waals surface area contributed by atoms with Gasteiger partial charge < -0.3 is 47.6 Å². The number of carboxylic acid groups (broad SMARTS) is 1. The first-order chi connectivity index (χ1) is 22.8. The highest BCUT2D eigenvalue weighted by Crippen LogP contribution is 2.20. The van der Waals surface area contributed by atoms with Crippen molar-refractivity contribution in [2.45, 2.75) is 104 Å². The Morgan fingerprint density at radius 2 is 1.53 bits per heavy atom. The number of likely N-dealkylation sites (tertiary alicyclic amines) is 1. The summed E-state index contributed by atoms with van der Waals surface area (Å²) in [6.45, 7) is 12.6. The Kier molecular flexibility index (Phi) is 16.9. The zero-order valence-corrected chi connectivity index (χ0v) is 28.8. The zero-order chi connectivity index (χ0) is 37.6. The predicted octanol–water partition coefficient (Wildman–Crippen LogP) is -2.25. The second-order valence-electron chi connectivity index (χ2n) is 12.3. The molecule has 0 aliphatic carbocycles. The van der Waals surface area contributed by atoms with Crippen LogP contribution in [0.25, 0.3) is 0 Å². The monoisotopic (exact) mass is 694 g/mol. The van der Waals surface area contributed by atoms with Crippen molar-refractivity contribution in [1.29, 1.82) is 0 Å². The first kappa shape index (κ1) is 42.0. The summed E-state index contributed by atoms with van der Waals surface area (Å²) in [5, 5.41) is 23.7. The lowest BCUT2D eigenvalue weighted by molar-refractivity contribution is -0.142. The maximum absolute atomic E-state index is 13.4. The molecule has 1 fully saturated rings. The number of hydrogen-bond donors (Lipinski definition) is 8. The van der Waals surface area contributed by atoms with Gasteiger partial charge in [-0.3, -0.25) is 43.2 Å². The number of carboxylic acids is 1. The van der Waals surface area contributed by atoms with Crippen LogP contribution in [0.1, 0.15) is 73.6 Å². The maximum atomic E-state index is 13.4. The number of nitrogens with one attached hydrogen (secondary N) is 6. The van der Waals surface area contributed by atoms with Crippen LogP contribution in [0, 0.1) is 11.8 Å². The van der Waals surface area contributed by atoms with Crippen LogP contribution < -0.4 is 37.6 Å². The molecule has 6 atom stereocenters. The summed E-state index contributed by atoms with van der Waals surface area (Å²) in [7, 11) is 0. The molecule has 0 bridgehead atoms. The molecule has 9 N–H and O–H groups in total. The van der Waals surface area contributed by atoms with Crippen LogP contribution in [0.5, 0.6) is 0 Å². The van der Waals surface area contributed by atoms with Crippen LogP contribution in [-0.4, -0.2) is 107 Å². The molecule has 0 saturated carbocycles. The Bertz CT molecular complexity index is 1300. The van der Waals surface area contributed by atoms with Gasteiger partial charge in [-0.2, -0.15) is 0 Å². The molecule has 0 aromatic heterocycles. The summed E-state index contributed by atoms with van der Waals surface area (Å²) in [4.78, 5) is 113. The van der Waals surface area contributed by atoms with E-state index >= 15 is 0 Å². The number of nitrogens with two attached hydrogens (primary N) is 1. The summed E-state index contributed by atoms with van der Waals surface area (Å²) in [5.41, 5.74) is 4.80. The SMILES string of the molecule is C=C(NC(=O)[C@@H]1CCCN1C(=O)[C@H](CCC(N)=O)NC(=O)CNC(C)=O)C(=O)N[C@H](C(=O)N[C@@H](C(=O)N[C@@H](C)C(=O)O)[C@@H](C)CC)C(C)C. The topological polar surface area (TPSA) is 275 Å². The molecule has 0 spiro atoms. The molecule has 0 radical (unpaired) electrons. The lowest BCUT2D eigenvalue weighted by Gasteiger charge is -2.29. The fraction of sp³-hybridized carbons (Fsp3) is 0.645. The molecule has 1 aliphatic heterocycles. The van der Waals surface area contributed by atoms with Gasteiger partial charge >= 0.3 is 5.97 Å². The van der Waals surface area contributed by atoms with E-state index in [2.05, 4.69) is 38.5 Å². The normalized spacial score (nSPS) is 17.0. The predicted molar refractivity (Wildman–Crippen MR) is 174 cm³/mol. The van der Waals surface area contributed by atoms with E-state index in [0.29, 0.717) is 12.8 Å². The summed E-state index contributed by atoms with van der Waals surface area (Å²) < 4.78 is 0. The van der Waals surface area contributed by atoms with Crippen LogP contribution in [0.4, 0.5) is 0 Å². The number of rotatable bonds is 19. The lowest BCUT2D eigenvalue weighted by atomic mass is 9.96. The van der Waals surface area contributed by atoms with Gasteiger partial charge in [-0.25, -0.2) is 0 Å². The smallest absolute Gasteiger partial charge is 0.325 e. The van der Waals surface area contributed by atoms with Crippen LogP contribution in [0.15, 0.2) is 12.3 Å². The van der Waals surface area contributed by atoms with Gasteiger partial charge in [0, 0.05) is 19.9 Å². The number of primary amides is 1. The van der Waals surface area contributed by atoms with E-state index in [9.17, 15) is 43.2 Å². The van der Waals surface area contributed by atoms with Gasteiger partial charge in [0.1, 0.15) is 30.2 Å². The minimum absolute atomic E-state index is 0.135. The van der Waals surface area contributed by atoms with Crippen LogP contribution >= 0.6 is 0 Å². The highest BCUT2D eigenvalue weighted by atomic mass is 16.4. The Morgan fingerprint density at radius 1 is 0.918 bits per heavy atom. The van der Waals surface area contributed by atoms with Crippen molar-refractivity contribution >= 4 is 53.2 Å². The molecule has 1 rings (SSSR count). The van der Waals surface area contributed by atoms with E-state index in [4.69, 9.17) is 10.8 Å². The van der Waals surface area contributed by atoms with Gasteiger partial charge in [-0.05, 0) is 38.0 Å². The summed E-state index contributed by atoms with van der Waals surface area (Å²) >= 11 is 0. The van der Waals surface area contributed by atoms with E-state index in [1.165, 1.54) is 18.7 Å². The number of amides is 8. The number of aliphatic carboxylic acids is 1. The number of nitrogens with zero attached hydrogens (tertiary/aromatic N) is 1. The number of carbonyl (C=O) groups excluding carboxylic acids is 8. The minimum Gasteiger partial charge on any atom is -0.480 e. The average Bonchev–Trinajstić information content (AvgIpc) is 3.52. The molecule has 0 unspecified atom stereocenters. The molecule has 1 saturated heterocycles. The van der Waals surface area contributed by atoms with Crippen molar-refractivity contribution in [3.63, 3.8) is 0 Å². The van der Waals surface area contributed by atoms with Gasteiger partial charge in [-0.1, -0.05) is 40.7 Å². The fourth-order valence-corrected chi connectivity index (χ4v) is 4.86. The summed E-state index contributed by atoms with van der Waals surface area (Å²) in [6, 6.07) is -5.79. The summed E-state index contributed by atoms with van der Waals surface area (Å²) in [5.74, 6) is -7.78. The van der Waals surface area contributed by atoms with Crippen molar-refractivity contribution in [2.24, 2.45) is 17.6 Å². The molecule has 0 aromatic rings. The molecular weight excluding hydrogens is 644 g/mol. The Hall–Kier alpha value is -5.03. The van der Waals surface area contributed by atoms with Crippen molar-refractivity contribution < 1.29 is 48.3 Å². The first-order valence-electron chi connectivity index (χ1n) is 16.1. The van der Waals surface area contributed by atoms with Gasteiger partial charge in [0.2, 0.25) is 41.4 Å². The Morgan fingerprint density at radius 3 is 2.06 bits per heavy atom. The first-order valence-corrected chi connectivity index (χ1v) is 16.1. The Labute approximate surface area is 285 Å². The molecule has 0 aromatic carbocycles. The molecule has 18 nitrogen and oxygen atoms in total. The van der Waals surface area contributed by atoms with Crippen LogP contribution in [-0.2, 0) is 43.2 Å². The van der Waals surface area contributed by atoms with Gasteiger partial charge in [0.15, 0.2) is 0 Å². The second kappa shape index (κ2) is 19.7. The largest absolute Gasteiger partial charge is 0.480 e. The van der Waals surface area contributed by atoms with E-state index in [1.54, 1.807) is 27.7 Å². The van der Waals surface area contributed by atoms with Gasteiger partial charge in [0.25, 0.3) is 5.91 Å². The van der Waals surface area contributed by atoms with E-state index in [0.717, 1.165) is 0 Å². The molecule has 8 amide bonds. The second-order valence-corrected chi connectivity index (χ2v) is 12.3. The highest BCUT2D eigenvalue weighted by Gasteiger charge is 2.39. The van der Waals surface area contributed by atoms with Gasteiger partial charge in [-0.15, -0.1) is 0 Å². The molecular formula is C31H50N8O10. The number of carbonyl (C=O) groups is 9. The zero-order valence-electron chi connectivity index (χ0n) is 28.8. The van der Waals surface area contributed by atoms with Crippen LogP contribution in [0.2, 0.25) is 0 Å². The van der Waals surface area contributed by atoms with Crippen molar-refractivity contribution in [1.82, 2.24) is 36.8 Å². The molecule has 1 aliphatic rings.